The number of carbonyl (C=O) groups excluding carboxylic acids is 6. The van der Waals surface area contributed by atoms with Gasteiger partial charge in [0.2, 0.25) is 0 Å². The lowest BCUT2D eigenvalue weighted by Crippen LogP contribution is -2.85. The van der Waals surface area contributed by atoms with E-state index >= 15 is 0 Å². The van der Waals surface area contributed by atoms with E-state index in [2.05, 4.69) is 0 Å². The monoisotopic (exact) mass is 718 g/mol. The van der Waals surface area contributed by atoms with Gasteiger partial charge in [0.1, 0.15) is 42.9 Å². The summed E-state index contributed by atoms with van der Waals surface area (Å²) in [6, 6.07) is 2.63. The molecule has 0 radical (unpaired) electrons. The fourth-order valence-corrected chi connectivity index (χ4v) is 8.14. The lowest BCUT2D eigenvalue weighted by molar-refractivity contribution is -0.363. The van der Waals surface area contributed by atoms with Gasteiger partial charge in [0.05, 0.1) is 46.7 Å². The van der Waals surface area contributed by atoms with E-state index in [4.69, 9.17) is 42.0 Å². The van der Waals surface area contributed by atoms with Crippen molar-refractivity contribution in [1.82, 2.24) is 0 Å². The lowest BCUT2D eigenvalue weighted by Gasteiger charge is -2.66. The number of fused-ring (bicyclic) bond motifs is 1. The van der Waals surface area contributed by atoms with Crippen molar-refractivity contribution in [2.75, 3.05) is 6.61 Å². The topological polar surface area (TPSA) is 214 Å². The van der Waals surface area contributed by atoms with Gasteiger partial charge in [-0.05, 0) is 32.9 Å². The highest BCUT2D eigenvalue weighted by Crippen LogP contribution is 2.69. The molecular formula is C35H42O16. The Balaban J connectivity index is 1.91. The zero-order chi connectivity index (χ0) is 37.7. The quantitative estimate of drug-likeness (QED) is 0.276. The van der Waals surface area contributed by atoms with E-state index < -0.39 is 113 Å². The third kappa shape index (κ3) is 6.28. The van der Waals surface area contributed by atoms with Gasteiger partial charge in [-0.2, -0.15) is 0 Å². The first-order chi connectivity index (χ1) is 23.8. The van der Waals surface area contributed by atoms with Crippen molar-refractivity contribution in [3.63, 3.8) is 0 Å². The van der Waals surface area contributed by atoms with Crippen LogP contribution in [0, 0.1) is 17.3 Å². The number of hydrogen-bond donors (Lipinski definition) is 1. The molecule has 1 aliphatic heterocycles. The third-order valence-electron chi connectivity index (χ3n) is 9.87. The van der Waals surface area contributed by atoms with Gasteiger partial charge in [0, 0.05) is 27.2 Å². The molecule has 3 aliphatic rings. The van der Waals surface area contributed by atoms with Gasteiger partial charge >= 0.3 is 35.8 Å². The first kappa shape index (κ1) is 37.6. The Morgan fingerprint density at radius 1 is 0.784 bits per heavy atom. The van der Waals surface area contributed by atoms with E-state index in [0.29, 0.717) is 0 Å². The second-order valence-electron chi connectivity index (χ2n) is 14.2. The van der Waals surface area contributed by atoms with Crippen molar-refractivity contribution in [1.29, 1.82) is 0 Å². The minimum Gasteiger partial charge on any atom is -0.472 e. The van der Waals surface area contributed by atoms with E-state index in [1.54, 1.807) is 27.7 Å². The van der Waals surface area contributed by atoms with Crippen molar-refractivity contribution >= 4 is 35.8 Å². The molecule has 3 fully saturated rings. The first-order valence-corrected chi connectivity index (χ1v) is 16.4. The van der Waals surface area contributed by atoms with Gasteiger partial charge in [0.15, 0.2) is 17.8 Å². The van der Waals surface area contributed by atoms with Crippen LogP contribution in [0.25, 0.3) is 0 Å². The third-order valence-corrected chi connectivity index (χ3v) is 9.87. The molecule has 2 aromatic rings. The summed E-state index contributed by atoms with van der Waals surface area (Å²) in [5.74, 6) is -7.29. The molecule has 1 N–H and O–H groups in total. The van der Waals surface area contributed by atoms with Crippen LogP contribution in [0.3, 0.4) is 0 Å². The van der Waals surface area contributed by atoms with Crippen LogP contribution in [0.5, 0.6) is 0 Å². The predicted molar refractivity (Wildman–Crippen MR) is 167 cm³/mol. The molecule has 278 valence electrons. The van der Waals surface area contributed by atoms with Crippen molar-refractivity contribution in [2.45, 2.75) is 109 Å². The molecule has 2 aromatic heterocycles. The number of rotatable bonds is 10. The maximum Gasteiger partial charge on any atom is 0.341 e. The molecule has 1 spiro atoms. The summed E-state index contributed by atoms with van der Waals surface area (Å²) in [5.41, 5.74) is -8.47. The summed E-state index contributed by atoms with van der Waals surface area (Å²) < 4.78 is 53.0. The molecule has 51 heavy (non-hydrogen) atoms. The second-order valence-corrected chi connectivity index (χ2v) is 14.2. The van der Waals surface area contributed by atoms with Gasteiger partial charge < -0.3 is 47.1 Å². The van der Waals surface area contributed by atoms with E-state index in [9.17, 15) is 33.9 Å². The molecule has 2 bridgehead atoms. The van der Waals surface area contributed by atoms with Crippen LogP contribution in [0.2, 0.25) is 0 Å². The molecule has 0 aromatic carbocycles. The summed E-state index contributed by atoms with van der Waals surface area (Å²) >= 11 is 0. The summed E-state index contributed by atoms with van der Waals surface area (Å²) in [7, 11) is 0. The normalized spacial score (nSPS) is 33.4. The lowest BCUT2D eigenvalue weighted by atomic mass is 9.45. The molecule has 2 saturated carbocycles. The predicted octanol–water partition coefficient (Wildman–Crippen LogP) is 2.94. The fourth-order valence-electron chi connectivity index (χ4n) is 8.14. The largest absolute Gasteiger partial charge is 0.472 e. The maximum absolute atomic E-state index is 14.0. The highest BCUT2D eigenvalue weighted by molar-refractivity contribution is 5.90. The Morgan fingerprint density at radius 2 is 1.31 bits per heavy atom. The molecule has 2 aliphatic carbocycles. The minimum atomic E-state index is -2.35. The summed E-state index contributed by atoms with van der Waals surface area (Å²) in [6.45, 7) is 10.0. The Kier molecular flexibility index (Phi) is 9.90. The fraction of sp³-hybridized carbons (Fsp3) is 0.600. The van der Waals surface area contributed by atoms with E-state index in [1.807, 2.05) is 0 Å². The molecule has 5 rings (SSSR count). The Morgan fingerprint density at radius 3 is 1.80 bits per heavy atom. The molecule has 3 heterocycles. The molecule has 16 nitrogen and oxygen atoms in total. The van der Waals surface area contributed by atoms with Crippen LogP contribution in [-0.4, -0.2) is 94.9 Å². The van der Waals surface area contributed by atoms with E-state index in [0.717, 1.165) is 33.3 Å². The van der Waals surface area contributed by atoms with Crippen LogP contribution >= 0.6 is 0 Å². The van der Waals surface area contributed by atoms with E-state index in [1.165, 1.54) is 31.6 Å². The minimum absolute atomic E-state index is 0.0437. The number of furan rings is 2. The SMILES string of the molecule is CC(=O)OC1C[C@](C)(O)[C@]23OC(C)(C)[C@H](C(OC(=O)c4ccoc4)[C@H](OC(=O)c4ccoc4)C2(COC(=O)C(C)C)C1OC(C)=O)[C@H]3OC(C)=O. The second kappa shape index (κ2) is 13.5. The van der Waals surface area contributed by atoms with Crippen LogP contribution in [0.4, 0.5) is 0 Å². The zero-order valence-electron chi connectivity index (χ0n) is 29.5. The van der Waals surface area contributed by atoms with Gasteiger partial charge in [-0.15, -0.1) is 0 Å². The summed E-state index contributed by atoms with van der Waals surface area (Å²) in [4.78, 5) is 79.6. The van der Waals surface area contributed by atoms with Crippen molar-refractivity contribution in [2.24, 2.45) is 17.3 Å². The Labute approximate surface area is 292 Å². The average molecular weight is 719 g/mol. The Bertz CT molecular complexity index is 1660. The highest BCUT2D eigenvalue weighted by Gasteiger charge is 2.89. The molecule has 0 amide bonds. The van der Waals surface area contributed by atoms with Crippen LogP contribution in [0.1, 0.15) is 82.5 Å². The van der Waals surface area contributed by atoms with Crippen molar-refractivity contribution in [3.8, 4) is 0 Å². The van der Waals surface area contributed by atoms with E-state index in [-0.39, 0.29) is 11.1 Å². The standard InChI is InChI=1S/C35H42O16/c1-17(2)29(39)45-16-34-26(47-19(4)37)23(46-18(3)36)13-33(8,42)35(34)27(48-20(5)38)24(32(6,7)51-35)25(49-30(40)21-9-11-43-14-21)28(34)50-31(41)22-10-12-44-15-22/h9-12,14-15,17,23-28,42H,13,16H2,1-8H3/t23?,24-,25?,26?,27-,28+,33+,34?,35+/m1/s1. The zero-order valence-corrected chi connectivity index (χ0v) is 29.5. The van der Waals surface area contributed by atoms with Gasteiger partial charge in [-0.1, -0.05) is 13.8 Å². The number of hydrogen-bond acceptors (Lipinski definition) is 16. The Hall–Kier alpha value is -4.70. The molecule has 1 saturated heterocycles. The number of ether oxygens (including phenoxy) is 7. The van der Waals surface area contributed by atoms with Gasteiger partial charge in [-0.3, -0.25) is 19.2 Å². The highest BCUT2D eigenvalue weighted by atomic mass is 16.7. The van der Waals surface area contributed by atoms with Gasteiger partial charge in [0.25, 0.3) is 0 Å². The van der Waals surface area contributed by atoms with Crippen molar-refractivity contribution < 1.29 is 75.9 Å². The number of esters is 6. The van der Waals surface area contributed by atoms with Gasteiger partial charge in [-0.25, -0.2) is 9.59 Å². The maximum atomic E-state index is 14.0. The number of carbonyl (C=O) groups is 6. The molecule has 9 atom stereocenters. The molecule has 4 unspecified atom stereocenters. The van der Waals surface area contributed by atoms with Crippen molar-refractivity contribution in [3.05, 3.63) is 48.3 Å². The molecular weight excluding hydrogens is 676 g/mol. The summed E-state index contributed by atoms with van der Waals surface area (Å²) in [5, 5.41) is 12.7. The first-order valence-electron chi connectivity index (χ1n) is 16.4. The number of aliphatic hydroxyl groups is 1. The summed E-state index contributed by atoms with van der Waals surface area (Å²) in [6.07, 6.45) is -4.13. The van der Waals surface area contributed by atoms with Crippen LogP contribution in [-0.2, 0) is 52.3 Å². The smallest absolute Gasteiger partial charge is 0.341 e. The average Bonchev–Trinajstić information content (AvgIpc) is 3.77. The van der Waals surface area contributed by atoms with Crippen LogP contribution < -0.4 is 0 Å². The van der Waals surface area contributed by atoms with Crippen LogP contribution in [0.15, 0.2) is 46.0 Å². The molecule has 16 heteroatoms.